The molecule has 0 spiro atoms. The molecule has 0 radical (unpaired) electrons. The van der Waals surface area contributed by atoms with Gasteiger partial charge in [-0.05, 0) is 23.8 Å². The molecule has 0 saturated carbocycles. The van der Waals surface area contributed by atoms with E-state index in [1.54, 1.807) is 0 Å². The Morgan fingerprint density at radius 1 is 0.600 bits per heavy atom. The third-order valence-corrected chi connectivity index (χ3v) is 3.03. The molecule has 3 aromatic carbocycles. The molecular weight excluding hydrogens is 246 g/mol. The van der Waals surface area contributed by atoms with Gasteiger partial charge in [0.05, 0.1) is 5.69 Å². The molecule has 2 heteroatoms. The van der Waals surface area contributed by atoms with Crippen molar-refractivity contribution in [1.29, 1.82) is 0 Å². The van der Waals surface area contributed by atoms with E-state index in [0.717, 1.165) is 22.6 Å². The first-order valence-corrected chi connectivity index (χ1v) is 6.56. The van der Waals surface area contributed by atoms with Gasteiger partial charge in [-0.1, -0.05) is 66.7 Å². The van der Waals surface area contributed by atoms with Crippen molar-refractivity contribution in [3.05, 3.63) is 84.9 Å². The standard InChI is InChI=1S/C18H15NO/c1-3-9-15(10-4-1)17-13-7-8-14-18(17)19-20-16-11-5-2-6-12-16/h1-14,19H. The summed E-state index contributed by atoms with van der Waals surface area (Å²) in [5, 5.41) is 0. The van der Waals surface area contributed by atoms with Crippen molar-refractivity contribution in [3.8, 4) is 16.9 Å². The predicted octanol–water partition coefficient (Wildman–Crippen LogP) is 4.76. The van der Waals surface area contributed by atoms with E-state index in [0.29, 0.717) is 0 Å². The maximum absolute atomic E-state index is 5.60. The Kier molecular flexibility index (Phi) is 3.65. The van der Waals surface area contributed by atoms with Crippen molar-refractivity contribution >= 4 is 5.69 Å². The van der Waals surface area contributed by atoms with E-state index in [4.69, 9.17) is 4.84 Å². The molecule has 1 N–H and O–H groups in total. The van der Waals surface area contributed by atoms with Gasteiger partial charge in [0.1, 0.15) is 0 Å². The SMILES string of the molecule is c1ccc(ONc2ccccc2-c2ccccc2)cc1. The second-order valence-corrected chi connectivity index (χ2v) is 4.43. The molecule has 0 heterocycles. The lowest BCUT2D eigenvalue weighted by Gasteiger charge is -2.12. The van der Waals surface area contributed by atoms with E-state index in [1.807, 2.05) is 66.7 Å². The van der Waals surface area contributed by atoms with Crippen molar-refractivity contribution in [1.82, 2.24) is 0 Å². The van der Waals surface area contributed by atoms with Crippen molar-refractivity contribution < 1.29 is 4.84 Å². The monoisotopic (exact) mass is 261 g/mol. The summed E-state index contributed by atoms with van der Waals surface area (Å²) in [5.41, 5.74) is 6.25. The van der Waals surface area contributed by atoms with Gasteiger partial charge in [0.25, 0.3) is 0 Å². The Balaban J connectivity index is 1.84. The van der Waals surface area contributed by atoms with Gasteiger partial charge >= 0.3 is 0 Å². The highest BCUT2D eigenvalue weighted by molar-refractivity contribution is 5.77. The Bertz CT molecular complexity index is 665. The van der Waals surface area contributed by atoms with Crippen molar-refractivity contribution in [2.75, 3.05) is 5.48 Å². The molecule has 3 rings (SSSR count). The summed E-state index contributed by atoms with van der Waals surface area (Å²) >= 11 is 0. The van der Waals surface area contributed by atoms with Crippen LogP contribution >= 0.6 is 0 Å². The van der Waals surface area contributed by atoms with Crippen LogP contribution in [0.5, 0.6) is 5.75 Å². The minimum absolute atomic E-state index is 0.787. The van der Waals surface area contributed by atoms with Crippen LogP contribution in [0.1, 0.15) is 0 Å². The third-order valence-electron chi connectivity index (χ3n) is 3.03. The summed E-state index contributed by atoms with van der Waals surface area (Å²) in [6.45, 7) is 0. The third kappa shape index (κ3) is 2.81. The minimum Gasteiger partial charge on any atom is -0.382 e. The van der Waals surface area contributed by atoms with Crippen LogP contribution in [0.15, 0.2) is 84.9 Å². The molecule has 0 saturated heterocycles. The molecule has 0 unspecified atom stereocenters. The van der Waals surface area contributed by atoms with Crippen LogP contribution in [0.25, 0.3) is 11.1 Å². The van der Waals surface area contributed by atoms with E-state index in [-0.39, 0.29) is 0 Å². The smallest absolute Gasteiger partial charge is 0.155 e. The summed E-state index contributed by atoms with van der Waals surface area (Å²) in [5.74, 6) is 0.787. The molecule has 2 nitrogen and oxygen atoms in total. The second kappa shape index (κ2) is 5.93. The van der Waals surface area contributed by atoms with Crippen molar-refractivity contribution in [2.24, 2.45) is 0 Å². The molecule has 0 aliphatic heterocycles. The van der Waals surface area contributed by atoms with Gasteiger partial charge in [-0.3, -0.25) is 0 Å². The van der Waals surface area contributed by atoms with Crippen LogP contribution in [0, 0.1) is 0 Å². The molecule has 0 atom stereocenters. The molecule has 98 valence electrons. The zero-order valence-electron chi connectivity index (χ0n) is 11.0. The van der Waals surface area contributed by atoms with Gasteiger partial charge in [0, 0.05) is 5.56 Å². The number of anilines is 1. The quantitative estimate of drug-likeness (QED) is 0.684. The fourth-order valence-electron chi connectivity index (χ4n) is 2.04. The molecular formula is C18H15NO. The second-order valence-electron chi connectivity index (χ2n) is 4.43. The van der Waals surface area contributed by atoms with Crippen LogP contribution in [0.3, 0.4) is 0 Å². The average molecular weight is 261 g/mol. The highest BCUT2D eigenvalue weighted by Gasteiger charge is 2.04. The number of para-hydroxylation sites is 2. The number of hydrogen-bond donors (Lipinski definition) is 1. The molecule has 0 aliphatic rings. The van der Waals surface area contributed by atoms with Gasteiger partial charge in [-0.25, -0.2) is 5.48 Å². The lowest BCUT2D eigenvalue weighted by molar-refractivity contribution is 0.405. The van der Waals surface area contributed by atoms with Crippen molar-refractivity contribution in [2.45, 2.75) is 0 Å². The van der Waals surface area contributed by atoms with E-state index < -0.39 is 0 Å². The van der Waals surface area contributed by atoms with Crippen LogP contribution in [0.2, 0.25) is 0 Å². The zero-order valence-corrected chi connectivity index (χ0v) is 11.0. The van der Waals surface area contributed by atoms with E-state index in [2.05, 4.69) is 23.7 Å². The molecule has 0 fully saturated rings. The molecule has 0 aliphatic carbocycles. The highest BCUT2D eigenvalue weighted by Crippen LogP contribution is 2.27. The van der Waals surface area contributed by atoms with Crippen LogP contribution in [-0.2, 0) is 0 Å². The number of benzene rings is 3. The summed E-state index contributed by atoms with van der Waals surface area (Å²) in [7, 11) is 0. The van der Waals surface area contributed by atoms with Crippen LogP contribution < -0.4 is 10.3 Å². The number of nitrogens with one attached hydrogen (secondary N) is 1. The van der Waals surface area contributed by atoms with E-state index in [9.17, 15) is 0 Å². The Morgan fingerprint density at radius 3 is 1.95 bits per heavy atom. The van der Waals surface area contributed by atoms with Crippen LogP contribution in [-0.4, -0.2) is 0 Å². The van der Waals surface area contributed by atoms with Gasteiger partial charge in [-0.2, -0.15) is 0 Å². The lowest BCUT2D eigenvalue weighted by Crippen LogP contribution is -2.05. The predicted molar refractivity (Wildman–Crippen MR) is 82.6 cm³/mol. The number of rotatable bonds is 4. The fourth-order valence-corrected chi connectivity index (χ4v) is 2.04. The van der Waals surface area contributed by atoms with Gasteiger partial charge < -0.3 is 4.84 Å². The zero-order chi connectivity index (χ0) is 13.6. The fraction of sp³-hybridized carbons (Fsp3) is 0. The maximum atomic E-state index is 5.60. The van der Waals surface area contributed by atoms with Gasteiger partial charge in [0.15, 0.2) is 5.75 Å². The molecule has 0 bridgehead atoms. The van der Waals surface area contributed by atoms with Gasteiger partial charge in [0.2, 0.25) is 0 Å². The van der Waals surface area contributed by atoms with Gasteiger partial charge in [-0.15, -0.1) is 0 Å². The van der Waals surface area contributed by atoms with E-state index in [1.165, 1.54) is 0 Å². The summed E-state index contributed by atoms with van der Waals surface area (Å²) in [4.78, 5) is 5.60. The summed E-state index contributed by atoms with van der Waals surface area (Å²) < 4.78 is 0. The Labute approximate surface area is 118 Å². The van der Waals surface area contributed by atoms with Crippen LogP contribution in [0.4, 0.5) is 5.69 Å². The molecule has 0 aromatic heterocycles. The molecule has 0 amide bonds. The largest absolute Gasteiger partial charge is 0.382 e. The van der Waals surface area contributed by atoms with E-state index >= 15 is 0 Å². The Morgan fingerprint density at radius 2 is 1.20 bits per heavy atom. The Hall–Kier alpha value is -2.74. The summed E-state index contributed by atoms with van der Waals surface area (Å²) in [6.07, 6.45) is 0. The first-order chi connectivity index (χ1) is 9.93. The van der Waals surface area contributed by atoms with Crippen molar-refractivity contribution in [3.63, 3.8) is 0 Å². The molecule has 20 heavy (non-hydrogen) atoms. The maximum Gasteiger partial charge on any atom is 0.155 e. The normalized spacial score (nSPS) is 10.0. The average Bonchev–Trinajstić information content (AvgIpc) is 2.55. The molecule has 3 aromatic rings. The first kappa shape index (κ1) is 12.3. The number of hydrogen-bond acceptors (Lipinski definition) is 2. The summed E-state index contributed by atoms with van der Waals surface area (Å²) in [6, 6.07) is 28.0. The topological polar surface area (TPSA) is 21.3 Å². The minimum atomic E-state index is 0.787. The first-order valence-electron chi connectivity index (χ1n) is 6.56. The highest BCUT2D eigenvalue weighted by atomic mass is 16.6. The lowest BCUT2D eigenvalue weighted by atomic mass is 10.0.